The van der Waals surface area contributed by atoms with Gasteiger partial charge in [-0.2, -0.15) is 0 Å². The summed E-state index contributed by atoms with van der Waals surface area (Å²) in [6, 6.07) is -0.324. The Morgan fingerprint density at radius 1 is 2.25 bits per heavy atom. The molecule has 0 aliphatic rings. The van der Waals surface area contributed by atoms with Crippen molar-refractivity contribution in [3.63, 3.8) is 0 Å². The summed E-state index contributed by atoms with van der Waals surface area (Å²) in [7, 11) is 0. The molecule has 0 rings (SSSR count). The van der Waals surface area contributed by atoms with E-state index < -0.39 is 6.31 Å². The van der Waals surface area contributed by atoms with Gasteiger partial charge in [0.1, 0.15) is 0 Å². The van der Waals surface area contributed by atoms with Crippen LogP contribution >= 0.6 is 0 Å². The average Bonchev–Trinajstić information content (AvgIpc) is 1.36. The van der Waals surface area contributed by atoms with Crippen LogP contribution < -0.4 is 0 Å². The van der Waals surface area contributed by atoms with Gasteiger partial charge in [-0.3, -0.25) is 0 Å². The van der Waals surface area contributed by atoms with Crippen LogP contribution in [0.1, 0.15) is 9.67 Å². The smallest absolute Gasteiger partial charge is 0.0952 e. The van der Waals surface area contributed by atoms with Gasteiger partial charge in [0.25, 0.3) is 0 Å². The van der Waals surface area contributed by atoms with E-state index in [1.807, 2.05) is 0 Å². The van der Waals surface area contributed by atoms with Crippen molar-refractivity contribution >= 4 is 0 Å². The monoisotopic (exact) mass is 62.1 g/mol. The summed E-state index contributed by atoms with van der Waals surface area (Å²) in [5.41, 5.74) is 0. The van der Waals surface area contributed by atoms with E-state index >= 15 is 0 Å². The molecule has 0 aromatic rings. The number of halogens is 1. The molecule has 0 N–H and O–H groups in total. The van der Waals surface area contributed by atoms with E-state index in [0.717, 1.165) is 0 Å². The molecule has 0 saturated heterocycles. The Hall–Kier alpha value is -0.330. The molecule has 0 radical (unpaired) electrons. The Bertz CT molecular complexity index is 58.9. The third-order valence-corrected chi connectivity index (χ3v) is 0.0945. The first-order valence-corrected chi connectivity index (χ1v) is 0.939. The molecule has 0 heterocycles. The van der Waals surface area contributed by atoms with Crippen LogP contribution in [0.15, 0.2) is 12.4 Å². The van der Waals surface area contributed by atoms with Gasteiger partial charge in [0.05, 0.1) is 9.05 Å². The van der Waals surface area contributed by atoms with E-state index in [9.17, 15) is 4.39 Å². The number of hydrogen-bond acceptors (Lipinski definition) is 0. The molecule has 4 heavy (non-hydrogen) atoms. The van der Waals surface area contributed by atoms with Crippen molar-refractivity contribution in [1.82, 2.24) is 0 Å². The van der Waals surface area contributed by atoms with Crippen LogP contribution in [0, 0.1) is 0 Å². The van der Waals surface area contributed by atoms with E-state index in [4.69, 9.17) is 2.74 Å². The zero-order valence-corrected chi connectivity index (χ0v) is 2.38. The van der Waals surface area contributed by atoms with Gasteiger partial charge in [-0.1, -0.05) is 6.05 Å². The second-order valence-electron chi connectivity index (χ2n) is 0.344. The van der Waals surface area contributed by atoms with Gasteiger partial charge < -0.3 is 0 Å². The lowest BCUT2D eigenvalue weighted by molar-refractivity contribution is 0.719. The Morgan fingerprint density at radius 2 is 2.50 bits per heavy atom. The largest absolute Gasteiger partial charge is 0.216 e. The predicted molar refractivity (Wildman–Crippen MR) is 15.9 cm³/mol. The first-order valence-electron chi connectivity index (χ1n) is 1.94. The van der Waals surface area contributed by atoms with Gasteiger partial charge in [0.15, 0.2) is 0 Å². The fourth-order valence-corrected chi connectivity index (χ4v) is 0. The average molecular weight is 62.1 g/mol. The fraction of sp³-hybridized carbons (Fsp3) is 0.333. The zero-order valence-electron chi connectivity index (χ0n) is 4.38. The maximum absolute atomic E-state index is 11.2. The van der Waals surface area contributed by atoms with Crippen LogP contribution in [-0.2, 0) is 0 Å². The van der Waals surface area contributed by atoms with Gasteiger partial charge in [-0.25, -0.2) is 4.39 Å². The van der Waals surface area contributed by atoms with Crippen LogP contribution in [-0.4, -0.2) is 0 Å². The van der Waals surface area contributed by atoms with Crippen molar-refractivity contribution in [3.8, 4) is 0 Å². The van der Waals surface area contributed by atoms with Gasteiger partial charge >= 0.3 is 0 Å². The minimum absolute atomic E-state index is 0.324. The number of hydrogen-bond donors (Lipinski definition) is 0. The Labute approximate surface area is 27.8 Å². The minimum atomic E-state index is -1.16. The molecule has 0 aromatic heterocycles. The Balaban J connectivity index is 3.68. The van der Waals surface area contributed by atoms with Crippen molar-refractivity contribution in [2.24, 2.45) is 0 Å². The summed E-state index contributed by atoms with van der Waals surface area (Å²) >= 11 is 0. The van der Waals surface area contributed by atoms with Crippen LogP contribution in [0.3, 0.4) is 0 Å². The van der Waals surface area contributed by atoms with Gasteiger partial charge in [-0.05, 0) is 6.92 Å². The molecule has 0 aliphatic heterocycles. The molecule has 0 unspecified atom stereocenters. The minimum Gasteiger partial charge on any atom is -0.216 e. The maximum Gasteiger partial charge on any atom is 0.0952 e. The van der Waals surface area contributed by atoms with Crippen LogP contribution in [0.4, 0.5) is 4.39 Å². The summed E-state index contributed by atoms with van der Waals surface area (Å²) in [5, 5.41) is 0. The molecule has 0 bridgehead atoms. The van der Waals surface area contributed by atoms with Crippen molar-refractivity contribution in [2.45, 2.75) is 6.92 Å². The predicted octanol–water partition coefficient (Wildman–Crippen LogP) is 1.49. The summed E-state index contributed by atoms with van der Waals surface area (Å²) in [6.07, 6.45) is -1.16. The van der Waals surface area contributed by atoms with Crippen LogP contribution in [0.25, 0.3) is 0 Å². The second-order valence-corrected chi connectivity index (χ2v) is 0.344. The number of rotatable bonds is 0. The van der Waals surface area contributed by atoms with E-state index in [0.29, 0.717) is 0 Å². The molecule has 24 valence electrons. The van der Waals surface area contributed by atoms with Gasteiger partial charge in [-0.15, -0.1) is 0 Å². The molecule has 0 aliphatic carbocycles. The van der Waals surface area contributed by atoms with E-state index in [-0.39, 0.29) is 6.05 Å². The summed E-state index contributed by atoms with van der Waals surface area (Å²) in [6.45, 7) is 1.22. The topological polar surface area (TPSA) is 0 Å². The molecular weight excluding hydrogens is 55.0 g/mol. The highest BCUT2D eigenvalue weighted by atomic mass is 19.1. The summed E-state index contributed by atoms with van der Waals surface area (Å²) < 4.78 is 23.6. The highest BCUT2D eigenvalue weighted by Gasteiger charge is 1.38. The zero-order chi connectivity index (χ0) is 5.15. The molecule has 1 heteroatoms. The van der Waals surface area contributed by atoms with E-state index in [2.05, 4.69) is 0 Å². The lowest BCUT2D eigenvalue weighted by atomic mass is 10.8. The third kappa shape index (κ3) is 1.67. The molecule has 0 spiro atoms. The quantitative estimate of drug-likeness (QED) is 0.399. The molecular formula is C3H5F. The summed E-state index contributed by atoms with van der Waals surface area (Å²) in [5.74, 6) is 0. The SMILES string of the molecule is [2H]/C(C)=C(/[2H])F. The van der Waals surface area contributed by atoms with Crippen LogP contribution in [0.2, 0.25) is 0 Å². The molecule has 0 nitrogen and oxygen atoms in total. The van der Waals surface area contributed by atoms with Crippen molar-refractivity contribution in [1.29, 1.82) is 0 Å². The van der Waals surface area contributed by atoms with Crippen molar-refractivity contribution in [2.75, 3.05) is 0 Å². The van der Waals surface area contributed by atoms with E-state index in [1.54, 1.807) is 0 Å². The standard InChI is InChI=1S/C3H5F/c1-2-3-4/h2-3H,1H3/b3-2+/i2D,3D. The highest BCUT2D eigenvalue weighted by molar-refractivity contribution is 4.61. The lowest BCUT2D eigenvalue weighted by Crippen LogP contribution is -1.22. The normalized spacial score (nSPS) is 21.5. The molecule has 0 amide bonds. The lowest BCUT2D eigenvalue weighted by Gasteiger charge is -1.45. The van der Waals surface area contributed by atoms with Crippen molar-refractivity contribution < 1.29 is 7.13 Å². The third-order valence-electron chi connectivity index (χ3n) is 0.0945. The number of allylic oxidation sites excluding steroid dienone is 1. The molecule has 0 aromatic carbocycles. The molecule has 0 saturated carbocycles. The maximum atomic E-state index is 11.2. The second kappa shape index (κ2) is 2.67. The highest BCUT2D eigenvalue weighted by Crippen LogP contribution is 1.62. The molecule has 0 fully saturated rings. The first-order chi connectivity index (χ1) is 2.64. The Kier molecular flexibility index (Phi) is 0.801. The van der Waals surface area contributed by atoms with E-state index in [1.165, 1.54) is 6.92 Å². The van der Waals surface area contributed by atoms with Gasteiger partial charge in [0, 0.05) is 0 Å². The first kappa shape index (κ1) is 1.20. The van der Waals surface area contributed by atoms with Crippen molar-refractivity contribution in [3.05, 3.63) is 12.4 Å². The van der Waals surface area contributed by atoms with Gasteiger partial charge in [0.2, 0.25) is 0 Å². The summed E-state index contributed by atoms with van der Waals surface area (Å²) in [4.78, 5) is 0. The Morgan fingerprint density at radius 3 is 2.50 bits per heavy atom. The fourth-order valence-electron chi connectivity index (χ4n) is 0. The van der Waals surface area contributed by atoms with Crippen LogP contribution in [0.5, 0.6) is 0 Å². The molecule has 0 atom stereocenters.